The predicted octanol–water partition coefficient (Wildman–Crippen LogP) is 0.952. The van der Waals surface area contributed by atoms with Gasteiger partial charge in [0, 0.05) is 32.1 Å². The normalized spacial score (nSPS) is 29.2. The van der Waals surface area contributed by atoms with E-state index in [2.05, 4.69) is 0 Å². The summed E-state index contributed by atoms with van der Waals surface area (Å²) >= 11 is 0. The van der Waals surface area contributed by atoms with Crippen LogP contribution in [0.25, 0.3) is 0 Å². The molecule has 2 saturated heterocycles. The molecule has 8 heteroatoms. The highest BCUT2D eigenvalue weighted by molar-refractivity contribution is 7.89. The third kappa shape index (κ3) is 3.00. The molecular weight excluding hydrogens is 356 g/mol. The van der Waals surface area contributed by atoms with Gasteiger partial charge in [-0.3, -0.25) is 4.79 Å². The van der Waals surface area contributed by atoms with Crippen LogP contribution in [0.15, 0.2) is 29.2 Å². The highest BCUT2D eigenvalue weighted by atomic mass is 32.2. The number of carbonyl (C=O) groups excluding carboxylic acids is 1. The van der Waals surface area contributed by atoms with Crippen molar-refractivity contribution in [1.82, 2.24) is 9.21 Å². The number of benzene rings is 1. The van der Waals surface area contributed by atoms with Gasteiger partial charge >= 0.3 is 0 Å². The van der Waals surface area contributed by atoms with Crippen LogP contribution in [0.4, 0.5) is 0 Å². The Kier molecular flexibility index (Phi) is 4.45. The van der Waals surface area contributed by atoms with Crippen LogP contribution >= 0.6 is 0 Å². The Bertz CT molecular complexity index is 808. The van der Waals surface area contributed by atoms with E-state index in [1.807, 2.05) is 0 Å². The Morgan fingerprint density at radius 2 is 2.00 bits per heavy atom. The van der Waals surface area contributed by atoms with Gasteiger partial charge < -0.3 is 14.4 Å². The zero-order valence-electron chi connectivity index (χ0n) is 15.0. The second-order valence-electron chi connectivity index (χ2n) is 7.38. The summed E-state index contributed by atoms with van der Waals surface area (Å²) in [6.45, 7) is 1.20. The number of hydrogen-bond donors (Lipinski definition) is 0. The van der Waals surface area contributed by atoms with E-state index in [-0.39, 0.29) is 22.8 Å². The number of likely N-dealkylation sites (tertiary alicyclic amines) is 1. The summed E-state index contributed by atoms with van der Waals surface area (Å²) in [5.74, 6) is 0.916. The maximum atomic E-state index is 13.0. The van der Waals surface area contributed by atoms with Crippen molar-refractivity contribution in [2.45, 2.75) is 29.9 Å². The second-order valence-corrected chi connectivity index (χ2v) is 9.32. The lowest BCUT2D eigenvalue weighted by molar-refractivity contribution is -0.138. The molecule has 1 aliphatic carbocycles. The Labute approximate surface area is 153 Å². The van der Waals surface area contributed by atoms with Crippen molar-refractivity contribution in [3.63, 3.8) is 0 Å². The molecule has 1 amide bonds. The van der Waals surface area contributed by atoms with Crippen LogP contribution in [0, 0.1) is 11.8 Å². The van der Waals surface area contributed by atoms with E-state index >= 15 is 0 Å². The summed E-state index contributed by atoms with van der Waals surface area (Å²) in [5.41, 5.74) is 0. The van der Waals surface area contributed by atoms with Crippen LogP contribution in [0.5, 0.6) is 5.75 Å². The van der Waals surface area contributed by atoms with E-state index in [4.69, 9.17) is 9.47 Å². The molecule has 0 unspecified atom stereocenters. The lowest BCUT2D eigenvalue weighted by Gasteiger charge is -2.22. The fourth-order valence-electron chi connectivity index (χ4n) is 3.86. The van der Waals surface area contributed by atoms with E-state index in [1.54, 1.807) is 30.1 Å². The molecule has 142 valence electrons. The van der Waals surface area contributed by atoms with Crippen molar-refractivity contribution >= 4 is 15.9 Å². The van der Waals surface area contributed by atoms with E-state index in [0.29, 0.717) is 31.4 Å². The first-order valence-corrected chi connectivity index (χ1v) is 10.4. The largest absolute Gasteiger partial charge is 0.497 e. The van der Waals surface area contributed by atoms with Gasteiger partial charge in [-0.2, -0.15) is 4.31 Å². The first-order chi connectivity index (χ1) is 12.4. The Morgan fingerprint density at radius 3 is 2.69 bits per heavy atom. The van der Waals surface area contributed by atoms with E-state index in [9.17, 15) is 13.2 Å². The molecular formula is C18H24N2O5S. The molecule has 2 aliphatic heterocycles. The van der Waals surface area contributed by atoms with Gasteiger partial charge in [0.2, 0.25) is 10.0 Å². The maximum absolute atomic E-state index is 13.0. The molecule has 1 saturated carbocycles. The number of ether oxygens (including phenoxy) is 2. The zero-order valence-corrected chi connectivity index (χ0v) is 15.8. The third-order valence-corrected chi connectivity index (χ3v) is 7.49. The molecule has 3 aliphatic rings. The minimum atomic E-state index is -3.64. The molecule has 2 heterocycles. The Morgan fingerprint density at radius 1 is 1.23 bits per heavy atom. The zero-order chi connectivity index (χ0) is 18.5. The topological polar surface area (TPSA) is 76.1 Å². The van der Waals surface area contributed by atoms with E-state index in [1.165, 1.54) is 17.5 Å². The number of carbonyl (C=O) groups is 1. The van der Waals surface area contributed by atoms with Crippen LogP contribution < -0.4 is 4.74 Å². The second kappa shape index (κ2) is 6.51. The summed E-state index contributed by atoms with van der Waals surface area (Å²) in [7, 11) is -0.390. The molecule has 4 rings (SSSR count). The lowest BCUT2D eigenvalue weighted by Crippen LogP contribution is -2.39. The van der Waals surface area contributed by atoms with Crippen LogP contribution in [0.1, 0.15) is 12.8 Å². The molecule has 1 aromatic rings. The molecule has 0 spiro atoms. The first kappa shape index (κ1) is 17.8. The van der Waals surface area contributed by atoms with Crippen molar-refractivity contribution in [2.24, 2.45) is 11.8 Å². The van der Waals surface area contributed by atoms with Crippen LogP contribution in [0.2, 0.25) is 0 Å². The molecule has 7 nitrogen and oxygen atoms in total. The number of nitrogens with zero attached hydrogens (tertiary/aromatic N) is 2. The average molecular weight is 380 g/mol. The molecule has 3 fully saturated rings. The summed E-state index contributed by atoms with van der Waals surface area (Å²) in [5, 5.41) is 0. The quantitative estimate of drug-likeness (QED) is 0.735. The Hall–Kier alpha value is -1.64. The molecule has 0 N–H and O–H groups in total. The lowest BCUT2D eigenvalue weighted by atomic mass is 10.0. The number of methoxy groups -OCH3 is 1. The standard InChI is InChI=1S/C18H24N2O5S/c1-19-16-10-20(26(22,23)14-5-3-4-13(8-14)24-2)9-15(16)17(18(19)21)25-11-12-6-7-12/h3-5,8,12,15-17H,6-7,9-11H2,1-2H3/t15-,16+,17-/m0/s1. The van der Waals surface area contributed by atoms with Crippen molar-refractivity contribution in [2.75, 3.05) is 33.9 Å². The number of rotatable bonds is 6. The third-order valence-electron chi connectivity index (χ3n) is 5.66. The minimum absolute atomic E-state index is 0.0286. The van der Waals surface area contributed by atoms with Gasteiger partial charge in [-0.05, 0) is 30.9 Å². The Balaban J connectivity index is 1.53. The summed E-state index contributed by atoms with van der Waals surface area (Å²) in [6.07, 6.45) is 1.78. The fourth-order valence-corrected chi connectivity index (χ4v) is 5.39. The van der Waals surface area contributed by atoms with Gasteiger partial charge in [-0.15, -0.1) is 0 Å². The highest BCUT2D eigenvalue weighted by Crippen LogP contribution is 2.38. The highest BCUT2D eigenvalue weighted by Gasteiger charge is 2.54. The first-order valence-electron chi connectivity index (χ1n) is 8.94. The van der Waals surface area contributed by atoms with Gasteiger partial charge in [0.05, 0.1) is 24.7 Å². The van der Waals surface area contributed by atoms with Crippen molar-refractivity contribution in [3.05, 3.63) is 24.3 Å². The van der Waals surface area contributed by atoms with Crippen LogP contribution in [0.3, 0.4) is 0 Å². The van der Waals surface area contributed by atoms with Crippen molar-refractivity contribution in [1.29, 1.82) is 0 Å². The van der Waals surface area contributed by atoms with Gasteiger partial charge in [0.25, 0.3) is 5.91 Å². The van der Waals surface area contributed by atoms with Crippen LogP contribution in [-0.4, -0.2) is 69.5 Å². The van der Waals surface area contributed by atoms with Gasteiger partial charge in [-0.25, -0.2) is 8.42 Å². The van der Waals surface area contributed by atoms with Gasteiger partial charge in [0.15, 0.2) is 0 Å². The van der Waals surface area contributed by atoms with E-state index in [0.717, 1.165) is 12.8 Å². The number of hydrogen-bond acceptors (Lipinski definition) is 5. The fraction of sp³-hybridized carbons (Fsp3) is 0.611. The molecule has 0 aromatic heterocycles. The number of likely N-dealkylation sites (N-methyl/N-ethyl adjacent to an activating group) is 1. The maximum Gasteiger partial charge on any atom is 0.252 e. The van der Waals surface area contributed by atoms with Crippen LogP contribution in [-0.2, 0) is 19.6 Å². The molecule has 0 bridgehead atoms. The number of fused-ring (bicyclic) bond motifs is 1. The number of amides is 1. The molecule has 1 aromatic carbocycles. The molecule has 3 atom stereocenters. The minimum Gasteiger partial charge on any atom is -0.497 e. The summed E-state index contributed by atoms with van der Waals surface area (Å²) in [4.78, 5) is 14.3. The summed E-state index contributed by atoms with van der Waals surface area (Å²) in [6, 6.07) is 6.35. The number of sulfonamides is 1. The van der Waals surface area contributed by atoms with Crippen molar-refractivity contribution < 1.29 is 22.7 Å². The monoisotopic (exact) mass is 380 g/mol. The van der Waals surface area contributed by atoms with Crippen molar-refractivity contribution in [3.8, 4) is 5.75 Å². The van der Waals surface area contributed by atoms with Gasteiger partial charge in [0.1, 0.15) is 11.9 Å². The summed E-state index contributed by atoms with van der Waals surface area (Å²) < 4.78 is 38.6. The molecule has 26 heavy (non-hydrogen) atoms. The van der Waals surface area contributed by atoms with Gasteiger partial charge in [-0.1, -0.05) is 6.07 Å². The molecule has 0 radical (unpaired) electrons. The van der Waals surface area contributed by atoms with E-state index < -0.39 is 16.1 Å². The predicted molar refractivity (Wildman–Crippen MR) is 94.3 cm³/mol. The smallest absolute Gasteiger partial charge is 0.252 e. The SMILES string of the molecule is COc1cccc(S(=O)(=O)N2C[C@@H]3[C@H](OCC4CC4)C(=O)N(C)[C@@H]3C2)c1. The average Bonchev–Trinajstić information content (AvgIpc) is 3.32.